The first kappa shape index (κ1) is 13.2. The van der Waals surface area contributed by atoms with Gasteiger partial charge < -0.3 is 4.74 Å². The first-order valence-corrected chi connectivity index (χ1v) is 6.36. The molecule has 0 fully saturated rings. The van der Waals surface area contributed by atoms with Crippen molar-refractivity contribution < 1.29 is 9.53 Å². The van der Waals surface area contributed by atoms with Crippen molar-refractivity contribution >= 4 is 21.9 Å². The summed E-state index contributed by atoms with van der Waals surface area (Å²) in [4.78, 5) is 11.1. The Hall–Kier alpha value is -0.830. The SMILES string of the molecule is CCCCC(OC(C)=O)c1ccccc1Br. The highest BCUT2D eigenvalue weighted by atomic mass is 79.9. The first-order chi connectivity index (χ1) is 7.65. The molecule has 0 saturated heterocycles. The summed E-state index contributed by atoms with van der Waals surface area (Å²) in [5.74, 6) is -0.225. The Balaban J connectivity index is 2.82. The molecular formula is C13H17BrO2. The van der Waals surface area contributed by atoms with Gasteiger partial charge in [-0.25, -0.2) is 0 Å². The van der Waals surface area contributed by atoms with Crippen molar-refractivity contribution in [2.45, 2.75) is 39.2 Å². The maximum absolute atomic E-state index is 11.1. The van der Waals surface area contributed by atoms with Crippen LogP contribution >= 0.6 is 15.9 Å². The number of carbonyl (C=O) groups excluding carboxylic acids is 1. The molecule has 0 aliphatic heterocycles. The molecular weight excluding hydrogens is 268 g/mol. The van der Waals surface area contributed by atoms with Gasteiger partial charge >= 0.3 is 5.97 Å². The molecule has 1 aromatic carbocycles. The van der Waals surface area contributed by atoms with Gasteiger partial charge in [0.1, 0.15) is 6.10 Å². The van der Waals surface area contributed by atoms with E-state index in [-0.39, 0.29) is 12.1 Å². The molecule has 0 bridgehead atoms. The number of carbonyl (C=O) groups is 1. The first-order valence-electron chi connectivity index (χ1n) is 5.56. The number of hydrogen-bond donors (Lipinski definition) is 0. The van der Waals surface area contributed by atoms with E-state index in [1.807, 2.05) is 24.3 Å². The van der Waals surface area contributed by atoms with Crippen molar-refractivity contribution in [2.24, 2.45) is 0 Å². The lowest BCUT2D eigenvalue weighted by Gasteiger charge is -2.18. The summed E-state index contributed by atoms with van der Waals surface area (Å²) in [6, 6.07) is 7.88. The van der Waals surface area contributed by atoms with Crippen LogP contribution in [0.3, 0.4) is 0 Å². The predicted molar refractivity (Wildman–Crippen MR) is 68.2 cm³/mol. The second-order valence-electron chi connectivity index (χ2n) is 3.76. The molecule has 0 spiro atoms. The molecule has 0 radical (unpaired) electrons. The van der Waals surface area contributed by atoms with Gasteiger partial charge in [-0.2, -0.15) is 0 Å². The smallest absolute Gasteiger partial charge is 0.303 e. The Morgan fingerprint density at radius 1 is 1.44 bits per heavy atom. The number of benzene rings is 1. The number of hydrogen-bond acceptors (Lipinski definition) is 2. The van der Waals surface area contributed by atoms with Crippen molar-refractivity contribution in [3.05, 3.63) is 34.3 Å². The van der Waals surface area contributed by atoms with Crippen LogP contribution in [-0.2, 0) is 9.53 Å². The Kier molecular flexibility index (Phi) is 5.53. The molecule has 0 aromatic heterocycles. The van der Waals surface area contributed by atoms with Gasteiger partial charge in [-0.15, -0.1) is 0 Å². The molecule has 0 heterocycles. The molecule has 0 aliphatic carbocycles. The molecule has 0 aliphatic rings. The Morgan fingerprint density at radius 2 is 2.12 bits per heavy atom. The fourth-order valence-electron chi connectivity index (χ4n) is 1.60. The summed E-state index contributed by atoms with van der Waals surface area (Å²) >= 11 is 3.49. The Bertz CT molecular complexity index is 350. The fraction of sp³-hybridized carbons (Fsp3) is 0.462. The van der Waals surface area contributed by atoms with Gasteiger partial charge in [0.05, 0.1) is 0 Å². The van der Waals surface area contributed by atoms with Crippen LogP contribution in [0.1, 0.15) is 44.8 Å². The molecule has 2 nitrogen and oxygen atoms in total. The summed E-state index contributed by atoms with van der Waals surface area (Å²) < 4.78 is 6.35. The monoisotopic (exact) mass is 284 g/mol. The summed E-state index contributed by atoms with van der Waals surface area (Å²) in [5.41, 5.74) is 1.05. The standard InChI is InChI=1S/C13H17BrO2/c1-3-4-9-13(16-10(2)15)11-7-5-6-8-12(11)14/h5-8,13H,3-4,9H2,1-2H3. The van der Waals surface area contributed by atoms with Gasteiger partial charge in [0.15, 0.2) is 0 Å². The second-order valence-corrected chi connectivity index (χ2v) is 4.62. The highest BCUT2D eigenvalue weighted by molar-refractivity contribution is 9.10. The zero-order valence-corrected chi connectivity index (χ0v) is 11.3. The van der Waals surface area contributed by atoms with Crippen molar-refractivity contribution in [2.75, 3.05) is 0 Å². The van der Waals surface area contributed by atoms with E-state index in [0.717, 1.165) is 29.3 Å². The molecule has 1 atom stereocenters. The number of ether oxygens (including phenoxy) is 1. The molecule has 3 heteroatoms. The van der Waals surface area contributed by atoms with Crippen LogP contribution in [0.5, 0.6) is 0 Å². The highest BCUT2D eigenvalue weighted by Gasteiger charge is 2.16. The van der Waals surface area contributed by atoms with Crippen LogP contribution < -0.4 is 0 Å². The third-order valence-corrected chi connectivity index (χ3v) is 3.10. The van der Waals surface area contributed by atoms with E-state index in [0.29, 0.717) is 0 Å². The van der Waals surface area contributed by atoms with E-state index in [9.17, 15) is 4.79 Å². The summed E-state index contributed by atoms with van der Waals surface area (Å²) in [6.07, 6.45) is 2.90. The van der Waals surface area contributed by atoms with Crippen LogP contribution in [0.15, 0.2) is 28.7 Å². The van der Waals surface area contributed by atoms with Gasteiger partial charge in [-0.3, -0.25) is 4.79 Å². The van der Waals surface area contributed by atoms with Gasteiger partial charge in [0.25, 0.3) is 0 Å². The third-order valence-electron chi connectivity index (χ3n) is 2.38. The van der Waals surface area contributed by atoms with Crippen molar-refractivity contribution in [1.29, 1.82) is 0 Å². The van der Waals surface area contributed by atoms with E-state index in [1.165, 1.54) is 6.92 Å². The van der Waals surface area contributed by atoms with Gasteiger partial charge in [0.2, 0.25) is 0 Å². The van der Waals surface area contributed by atoms with Crippen molar-refractivity contribution in [1.82, 2.24) is 0 Å². The number of halogens is 1. The topological polar surface area (TPSA) is 26.3 Å². The minimum atomic E-state index is -0.225. The molecule has 1 unspecified atom stereocenters. The average Bonchev–Trinajstić information content (AvgIpc) is 2.24. The molecule has 16 heavy (non-hydrogen) atoms. The maximum Gasteiger partial charge on any atom is 0.303 e. The van der Waals surface area contributed by atoms with E-state index in [2.05, 4.69) is 22.9 Å². The van der Waals surface area contributed by atoms with Crippen molar-refractivity contribution in [3.8, 4) is 0 Å². The Morgan fingerprint density at radius 3 is 2.69 bits per heavy atom. The van der Waals surface area contributed by atoms with Gasteiger partial charge in [-0.1, -0.05) is 47.5 Å². The predicted octanol–water partition coefficient (Wildman–Crippen LogP) is 4.24. The fourth-order valence-corrected chi connectivity index (χ4v) is 2.14. The lowest BCUT2D eigenvalue weighted by Crippen LogP contribution is -2.09. The molecule has 1 rings (SSSR count). The number of unbranched alkanes of at least 4 members (excludes halogenated alkanes) is 1. The summed E-state index contributed by atoms with van der Waals surface area (Å²) in [5, 5.41) is 0. The lowest BCUT2D eigenvalue weighted by molar-refractivity contribution is -0.147. The molecule has 88 valence electrons. The lowest BCUT2D eigenvalue weighted by atomic mass is 10.0. The molecule has 0 N–H and O–H groups in total. The second kappa shape index (κ2) is 6.69. The van der Waals surface area contributed by atoms with Crippen molar-refractivity contribution in [3.63, 3.8) is 0 Å². The van der Waals surface area contributed by atoms with E-state index >= 15 is 0 Å². The minimum absolute atomic E-state index is 0.131. The molecule has 1 aromatic rings. The maximum atomic E-state index is 11.1. The summed E-state index contributed by atoms with van der Waals surface area (Å²) in [7, 11) is 0. The Labute approximate surface area is 105 Å². The minimum Gasteiger partial charge on any atom is -0.458 e. The van der Waals surface area contributed by atoms with Crippen LogP contribution in [0.4, 0.5) is 0 Å². The van der Waals surface area contributed by atoms with Crippen LogP contribution in [-0.4, -0.2) is 5.97 Å². The van der Waals surface area contributed by atoms with Gasteiger partial charge in [0, 0.05) is 17.0 Å². The van der Waals surface area contributed by atoms with Gasteiger partial charge in [-0.05, 0) is 18.9 Å². The molecule has 0 saturated carbocycles. The summed E-state index contributed by atoms with van der Waals surface area (Å²) in [6.45, 7) is 3.58. The number of rotatable bonds is 5. The zero-order chi connectivity index (χ0) is 12.0. The van der Waals surface area contributed by atoms with E-state index in [4.69, 9.17) is 4.74 Å². The van der Waals surface area contributed by atoms with Crippen LogP contribution in [0.25, 0.3) is 0 Å². The average molecular weight is 285 g/mol. The van der Waals surface area contributed by atoms with E-state index < -0.39 is 0 Å². The largest absolute Gasteiger partial charge is 0.458 e. The quantitative estimate of drug-likeness (QED) is 0.756. The zero-order valence-electron chi connectivity index (χ0n) is 9.70. The van der Waals surface area contributed by atoms with Crippen LogP contribution in [0.2, 0.25) is 0 Å². The highest BCUT2D eigenvalue weighted by Crippen LogP contribution is 2.29. The van der Waals surface area contributed by atoms with E-state index in [1.54, 1.807) is 0 Å². The number of esters is 1. The normalized spacial score (nSPS) is 12.2. The van der Waals surface area contributed by atoms with Crippen LogP contribution in [0, 0.1) is 0 Å². The third kappa shape index (κ3) is 3.97. The molecule has 0 amide bonds.